The summed E-state index contributed by atoms with van der Waals surface area (Å²) in [5.41, 5.74) is 1.06. The maximum atomic E-state index is 12.4. The van der Waals surface area contributed by atoms with Gasteiger partial charge in [0.1, 0.15) is 0 Å². The Hall–Kier alpha value is -1.91. The Balaban J connectivity index is 1.43. The lowest BCUT2D eigenvalue weighted by atomic mass is 9.81. The van der Waals surface area contributed by atoms with Crippen LogP contribution in [0, 0.1) is 11.8 Å². The lowest BCUT2D eigenvalue weighted by Crippen LogP contribution is -2.38. The molecular weight excluding hydrogens is 290 g/mol. The molecule has 1 saturated heterocycles. The first-order valence-electron chi connectivity index (χ1n) is 8.69. The summed E-state index contributed by atoms with van der Waals surface area (Å²) < 4.78 is 0. The van der Waals surface area contributed by atoms with Gasteiger partial charge >= 0.3 is 0 Å². The standard InChI is InChI=1S/C18H25N3O2/c22-17(20-13-14-7-9-19-10-8-14)15-3-5-16(6-4-15)18(23)21-11-1-2-12-21/h7-10,15-16H,1-6,11-13H2,(H,20,22). The van der Waals surface area contributed by atoms with Crippen LogP contribution in [0.5, 0.6) is 0 Å². The van der Waals surface area contributed by atoms with Gasteiger partial charge in [0.15, 0.2) is 0 Å². The molecule has 2 heterocycles. The van der Waals surface area contributed by atoms with Gasteiger partial charge in [0.05, 0.1) is 0 Å². The molecule has 1 aromatic heterocycles. The highest BCUT2D eigenvalue weighted by molar-refractivity contribution is 5.81. The van der Waals surface area contributed by atoms with E-state index in [0.29, 0.717) is 12.5 Å². The second-order valence-electron chi connectivity index (χ2n) is 6.65. The summed E-state index contributed by atoms with van der Waals surface area (Å²) in [4.78, 5) is 30.7. The summed E-state index contributed by atoms with van der Waals surface area (Å²) in [5, 5.41) is 3.01. The van der Waals surface area contributed by atoms with Crippen LogP contribution in [-0.4, -0.2) is 34.8 Å². The Morgan fingerprint density at radius 2 is 1.65 bits per heavy atom. The van der Waals surface area contributed by atoms with E-state index in [0.717, 1.165) is 57.2 Å². The van der Waals surface area contributed by atoms with Gasteiger partial charge in [0.25, 0.3) is 0 Å². The molecule has 1 aliphatic carbocycles. The fourth-order valence-corrected chi connectivity index (χ4v) is 3.63. The Kier molecular flexibility index (Phi) is 5.26. The van der Waals surface area contributed by atoms with Crippen molar-refractivity contribution >= 4 is 11.8 Å². The molecule has 0 radical (unpaired) electrons. The van der Waals surface area contributed by atoms with Crippen molar-refractivity contribution in [1.29, 1.82) is 0 Å². The number of pyridine rings is 1. The number of hydrogen-bond donors (Lipinski definition) is 1. The maximum Gasteiger partial charge on any atom is 0.225 e. The highest BCUT2D eigenvalue weighted by Crippen LogP contribution is 2.31. The van der Waals surface area contributed by atoms with Crippen molar-refractivity contribution in [1.82, 2.24) is 15.2 Å². The molecule has 0 atom stereocenters. The van der Waals surface area contributed by atoms with Crippen molar-refractivity contribution in [3.05, 3.63) is 30.1 Å². The van der Waals surface area contributed by atoms with Crippen LogP contribution >= 0.6 is 0 Å². The quantitative estimate of drug-likeness (QED) is 0.926. The van der Waals surface area contributed by atoms with E-state index in [2.05, 4.69) is 10.3 Å². The predicted octanol–water partition coefficient (Wildman–Crippen LogP) is 2.13. The van der Waals surface area contributed by atoms with E-state index in [9.17, 15) is 9.59 Å². The van der Waals surface area contributed by atoms with Crippen LogP contribution in [-0.2, 0) is 16.1 Å². The van der Waals surface area contributed by atoms with Gasteiger partial charge in [-0.15, -0.1) is 0 Å². The molecule has 1 aliphatic heterocycles. The molecule has 3 rings (SSSR count). The van der Waals surface area contributed by atoms with Crippen molar-refractivity contribution < 1.29 is 9.59 Å². The molecule has 0 unspecified atom stereocenters. The van der Waals surface area contributed by atoms with Crippen molar-refractivity contribution in [2.45, 2.75) is 45.1 Å². The number of likely N-dealkylation sites (tertiary alicyclic amines) is 1. The third kappa shape index (κ3) is 4.09. The molecule has 1 N–H and O–H groups in total. The molecule has 5 heteroatoms. The average Bonchev–Trinajstić information content (AvgIpc) is 3.15. The molecule has 0 bridgehead atoms. The van der Waals surface area contributed by atoms with Crippen molar-refractivity contribution in [2.75, 3.05) is 13.1 Å². The van der Waals surface area contributed by atoms with Gasteiger partial charge in [-0.25, -0.2) is 0 Å². The fraction of sp³-hybridized carbons (Fsp3) is 0.611. The first-order valence-corrected chi connectivity index (χ1v) is 8.69. The number of carbonyl (C=O) groups is 2. The second-order valence-corrected chi connectivity index (χ2v) is 6.65. The largest absolute Gasteiger partial charge is 0.352 e. The van der Waals surface area contributed by atoms with E-state index >= 15 is 0 Å². The minimum Gasteiger partial charge on any atom is -0.352 e. The summed E-state index contributed by atoms with van der Waals surface area (Å²) in [6.45, 7) is 2.39. The zero-order valence-corrected chi connectivity index (χ0v) is 13.5. The number of nitrogens with zero attached hydrogens (tertiary/aromatic N) is 2. The van der Waals surface area contributed by atoms with Crippen molar-refractivity contribution in [3.63, 3.8) is 0 Å². The topological polar surface area (TPSA) is 62.3 Å². The highest BCUT2D eigenvalue weighted by Gasteiger charge is 2.32. The third-order valence-electron chi connectivity index (χ3n) is 5.08. The Morgan fingerprint density at radius 3 is 2.30 bits per heavy atom. The minimum absolute atomic E-state index is 0.0551. The van der Waals surface area contributed by atoms with Gasteiger partial charge in [-0.1, -0.05) is 0 Å². The summed E-state index contributed by atoms with van der Waals surface area (Å²) in [5.74, 6) is 0.629. The van der Waals surface area contributed by atoms with E-state index in [-0.39, 0.29) is 17.7 Å². The molecule has 0 aromatic carbocycles. The zero-order valence-electron chi connectivity index (χ0n) is 13.5. The molecule has 124 valence electrons. The van der Waals surface area contributed by atoms with Crippen LogP contribution in [0.25, 0.3) is 0 Å². The lowest BCUT2D eigenvalue weighted by Gasteiger charge is -2.29. The smallest absolute Gasteiger partial charge is 0.225 e. The number of nitrogens with one attached hydrogen (secondary N) is 1. The first-order chi connectivity index (χ1) is 11.2. The van der Waals surface area contributed by atoms with Gasteiger partial charge in [0, 0.05) is 43.9 Å². The molecular formula is C18H25N3O2. The van der Waals surface area contributed by atoms with Crippen molar-refractivity contribution in [2.24, 2.45) is 11.8 Å². The number of carbonyl (C=O) groups excluding carboxylic acids is 2. The average molecular weight is 315 g/mol. The molecule has 1 aromatic rings. The summed E-state index contributed by atoms with van der Waals surface area (Å²) >= 11 is 0. The number of amides is 2. The monoisotopic (exact) mass is 315 g/mol. The van der Waals surface area contributed by atoms with Crippen LogP contribution in [0.15, 0.2) is 24.5 Å². The van der Waals surface area contributed by atoms with Gasteiger partial charge in [-0.05, 0) is 56.2 Å². The van der Waals surface area contributed by atoms with Gasteiger partial charge in [-0.2, -0.15) is 0 Å². The normalized spacial score (nSPS) is 24.4. The Bertz CT molecular complexity index is 532. The molecule has 2 aliphatic rings. The zero-order chi connectivity index (χ0) is 16.1. The van der Waals surface area contributed by atoms with Gasteiger partial charge in [0.2, 0.25) is 11.8 Å². The minimum atomic E-state index is 0.0551. The fourth-order valence-electron chi connectivity index (χ4n) is 3.63. The van der Waals surface area contributed by atoms with Crippen LogP contribution < -0.4 is 5.32 Å². The second kappa shape index (κ2) is 7.57. The summed E-state index contributed by atoms with van der Waals surface area (Å²) in [7, 11) is 0. The molecule has 2 fully saturated rings. The van der Waals surface area contributed by atoms with Crippen LogP contribution in [0.3, 0.4) is 0 Å². The van der Waals surface area contributed by atoms with Gasteiger partial charge in [-0.3, -0.25) is 14.6 Å². The lowest BCUT2D eigenvalue weighted by molar-refractivity contribution is -0.137. The third-order valence-corrected chi connectivity index (χ3v) is 5.08. The number of hydrogen-bond acceptors (Lipinski definition) is 3. The molecule has 23 heavy (non-hydrogen) atoms. The van der Waals surface area contributed by atoms with E-state index in [1.807, 2.05) is 17.0 Å². The van der Waals surface area contributed by atoms with E-state index in [1.165, 1.54) is 0 Å². The summed E-state index contributed by atoms with van der Waals surface area (Å²) in [6.07, 6.45) is 9.09. The number of aromatic nitrogens is 1. The van der Waals surface area contributed by atoms with Crippen molar-refractivity contribution in [3.8, 4) is 0 Å². The van der Waals surface area contributed by atoms with E-state index in [1.54, 1.807) is 12.4 Å². The number of rotatable bonds is 4. The molecule has 1 saturated carbocycles. The summed E-state index contributed by atoms with van der Waals surface area (Å²) in [6, 6.07) is 3.82. The van der Waals surface area contributed by atoms with E-state index in [4.69, 9.17) is 0 Å². The Labute approximate surface area is 137 Å². The SMILES string of the molecule is O=C(NCc1ccncc1)C1CCC(C(=O)N2CCCC2)CC1. The Morgan fingerprint density at radius 1 is 1.04 bits per heavy atom. The van der Waals surface area contributed by atoms with Crippen LogP contribution in [0.2, 0.25) is 0 Å². The van der Waals surface area contributed by atoms with Crippen LogP contribution in [0.4, 0.5) is 0 Å². The maximum absolute atomic E-state index is 12.4. The highest BCUT2D eigenvalue weighted by atomic mass is 16.2. The van der Waals surface area contributed by atoms with Gasteiger partial charge < -0.3 is 10.2 Å². The predicted molar refractivity (Wildman–Crippen MR) is 87.3 cm³/mol. The van der Waals surface area contributed by atoms with Crippen LogP contribution in [0.1, 0.15) is 44.1 Å². The van der Waals surface area contributed by atoms with E-state index < -0.39 is 0 Å². The molecule has 2 amide bonds. The molecule has 0 spiro atoms. The first kappa shape index (κ1) is 16.0. The molecule has 5 nitrogen and oxygen atoms in total.